The lowest BCUT2D eigenvalue weighted by Crippen LogP contribution is -2.36. The van der Waals surface area contributed by atoms with Crippen molar-refractivity contribution in [2.45, 2.75) is 25.4 Å². The Labute approximate surface area is 252 Å². The molecule has 0 saturated carbocycles. The van der Waals surface area contributed by atoms with Gasteiger partial charge in [0.25, 0.3) is 0 Å². The number of likely N-dealkylation sites (tertiary alicyclic amines) is 1. The number of nitrogens with zero attached hydrogens (tertiary/aromatic N) is 4. The van der Waals surface area contributed by atoms with Gasteiger partial charge in [-0.3, -0.25) is 9.47 Å². The number of H-pyrrole nitrogens is 1. The molecule has 1 N–H and O–H groups in total. The molecule has 0 radical (unpaired) electrons. The molecule has 1 aliphatic heterocycles. The fourth-order valence-electron chi connectivity index (χ4n) is 5.85. The van der Waals surface area contributed by atoms with Crippen molar-refractivity contribution < 1.29 is 0 Å². The maximum atomic E-state index is 12.7. The topological polar surface area (TPSA) is 66.8 Å². The van der Waals surface area contributed by atoms with Gasteiger partial charge < -0.3 is 4.98 Å². The van der Waals surface area contributed by atoms with Crippen molar-refractivity contribution in [2.75, 3.05) is 13.1 Å². The van der Waals surface area contributed by atoms with Crippen LogP contribution in [0.3, 0.4) is 0 Å². The molecular formula is C35H30BrN5O. The summed E-state index contributed by atoms with van der Waals surface area (Å²) in [6, 6.07) is 35.2. The Morgan fingerprint density at radius 3 is 2.05 bits per heavy atom. The quantitative estimate of drug-likeness (QED) is 0.208. The summed E-state index contributed by atoms with van der Waals surface area (Å²) in [6.45, 7) is 2.79. The van der Waals surface area contributed by atoms with Crippen molar-refractivity contribution in [1.82, 2.24) is 24.4 Å². The van der Waals surface area contributed by atoms with E-state index in [0.29, 0.717) is 0 Å². The SMILES string of the molecule is O=c1[nH]c(-c2ccccc2)cn1C1CCN(Cc2ccc(-c3nc4ccc(Br)cc4nc3-c3ccccc3)cc2)CC1. The summed E-state index contributed by atoms with van der Waals surface area (Å²) < 4.78 is 2.88. The van der Waals surface area contributed by atoms with E-state index in [2.05, 4.69) is 62.2 Å². The fourth-order valence-corrected chi connectivity index (χ4v) is 6.20. The summed E-state index contributed by atoms with van der Waals surface area (Å²) in [7, 11) is 0. The highest BCUT2D eigenvalue weighted by Gasteiger charge is 2.23. The number of rotatable bonds is 6. The van der Waals surface area contributed by atoms with Crippen LogP contribution in [0.25, 0.3) is 44.8 Å². The van der Waals surface area contributed by atoms with Gasteiger partial charge in [0, 0.05) is 47.5 Å². The van der Waals surface area contributed by atoms with Gasteiger partial charge in [0.1, 0.15) is 0 Å². The fraction of sp³-hybridized carbons (Fsp3) is 0.171. The number of fused-ring (bicyclic) bond motifs is 1. The Balaban J connectivity index is 1.07. The second-order valence-corrected chi connectivity index (χ2v) is 11.8. The van der Waals surface area contributed by atoms with Crippen molar-refractivity contribution in [1.29, 1.82) is 0 Å². The van der Waals surface area contributed by atoms with Crippen molar-refractivity contribution in [3.05, 3.63) is 130 Å². The van der Waals surface area contributed by atoms with Crippen LogP contribution in [-0.4, -0.2) is 37.5 Å². The molecule has 3 heterocycles. The summed E-state index contributed by atoms with van der Waals surface area (Å²) in [5.74, 6) is 0. The number of aromatic amines is 1. The first-order chi connectivity index (χ1) is 20.6. The van der Waals surface area contributed by atoms with E-state index in [-0.39, 0.29) is 11.7 Å². The van der Waals surface area contributed by atoms with E-state index < -0.39 is 0 Å². The second kappa shape index (κ2) is 11.5. The van der Waals surface area contributed by atoms with Gasteiger partial charge in [-0.15, -0.1) is 0 Å². The maximum Gasteiger partial charge on any atom is 0.326 e. The molecule has 0 aliphatic carbocycles. The van der Waals surface area contributed by atoms with Crippen LogP contribution in [0.4, 0.5) is 0 Å². The zero-order valence-corrected chi connectivity index (χ0v) is 24.7. The van der Waals surface area contributed by atoms with E-state index in [1.165, 1.54) is 5.56 Å². The van der Waals surface area contributed by atoms with Crippen molar-refractivity contribution in [3.8, 4) is 33.8 Å². The molecular weight excluding hydrogens is 586 g/mol. The molecule has 6 aromatic rings. The van der Waals surface area contributed by atoms with E-state index >= 15 is 0 Å². The lowest BCUT2D eigenvalue weighted by Gasteiger charge is -2.32. The minimum absolute atomic E-state index is 0.0258. The first-order valence-electron chi connectivity index (χ1n) is 14.3. The number of benzene rings is 4. The normalized spacial score (nSPS) is 14.4. The van der Waals surface area contributed by atoms with Gasteiger partial charge >= 0.3 is 5.69 Å². The van der Waals surface area contributed by atoms with E-state index in [4.69, 9.17) is 9.97 Å². The van der Waals surface area contributed by atoms with Gasteiger partial charge in [-0.25, -0.2) is 14.8 Å². The van der Waals surface area contributed by atoms with Gasteiger partial charge in [-0.05, 0) is 42.2 Å². The third-order valence-corrected chi connectivity index (χ3v) is 8.58. The molecule has 1 fully saturated rings. The van der Waals surface area contributed by atoms with Gasteiger partial charge in [0.05, 0.1) is 28.1 Å². The Morgan fingerprint density at radius 2 is 1.36 bits per heavy atom. The molecule has 0 spiro atoms. The van der Waals surface area contributed by atoms with Crippen LogP contribution in [0.15, 0.2) is 119 Å². The van der Waals surface area contributed by atoms with Crippen LogP contribution in [-0.2, 0) is 6.54 Å². The molecule has 208 valence electrons. The van der Waals surface area contributed by atoms with Gasteiger partial charge in [0.2, 0.25) is 0 Å². The summed E-state index contributed by atoms with van der Waals surface area (Å²) in [4.78, 5) is 28.3. The van der Waals surface area contributed by atoms with E-state index in [1.807, 2.05) is 77.5 Å². The average molecular weight is 617 g/mol. The molecule has 0 unspecified atom stereocenters. The Hall–Kier alpha value is -4.33. The number of hydrogen-bond donors (Lipinski definition) is 1. The van der Waals surface area contributed by atoms with Crippen LogP contribution in [0.1, 0.15) is 24.4 Å². The van der Waals surface area contributed by atoms with E-state index in [1.54, 1.807) is 0 Å². The largest absolute Gasteiger partial charge is 0.326 e. The molecule has 1 saturated heterocycles. The summed E-state index contributed by atoms with van der Waals surface area (Å²) in [6.07, 6.45) is 3.88. The number of halogens is 1. The number of imidazole rings is 1. The molecule has 6 nitrogen and oxygen atoms in total. The van der Waals surface area contributed by atoms with Crippen LogP contribution in [0.5, 0.6) is 0 Å². The standard InChI is InChI=1S/C35H30BrN5O/c36-28-15-16-30-31(21-28)38-33(26-9-5-2-6-10-26)34(37-30)27-13-11-24(12-14-27)22-40-19-17-29(18-20-40)41-23-32(39-35(41)42)25-7-3-1-4-8-25/h1-16,21,23,29H,17-20,22H2,(H,39,42). The monoisotopic (exact) mass is 615 g/mol. The molecule has 4 aromatic carbocycles. The van der Waals surface area contributed by atoms with E-state index in [0.717, 1.165) is 81.8 Å². The highest BCUT2D eigenvalue weighted by atomic mass is 79.9. The van der Waals surface area contributed by atoms with Crippen LogP contribution < -0.4 is 5.69 Å². The Morgan fingerprint density at radius 1 is 0.738 bits per heavy atom. The Bertz CT molecular complexity index is 1890. The summed E-state index contributed by atoms with van der Waals surface area (Å²) >= 11 is 3.56. The van der Waals surface area contributed by atoms with Crippen molar-refractivity contribution in [2.24, 2.45) is 0 Å². The van der Waals surface area contributed by atoms with Crippen LogP contribution in [0.2, 0.25) is 0 Å². The third-order valence-electron chi connectivity index (χ3n) is 8.09. The molecule has 0 amide bonds. The van der Waals surface area contributed by atoms with Crippen molar-refractivity contribution in [3.63, 3.8) is 0 Å². The molecule has 1 aliphatic rings. The highest BCUT2D eigenvalue weighted by molar-refractivity contribution is 9.10. The molecule has 0 bridgehead atoms. The minimum atomic E-state index is -0.0258. The molecule has 0 atom stereocenters. The first kappa shape index (κ1) is 26.6. The van der Waals surface area contributed by atoms with Gasteiger partial charge in [0.15, 0.2) is 0 Å². The van der Waals surface area contributed by atoms with Crippen molar-refractivity contribution >= 4 is 27.0 Å². The van der Waals surface area contributed by atoms with Crippen LogP contribution in [0, 0.1) is 0 Å². The predicted octanol–water partition coefficient (Wildman–Crippen LogP) is 7.72. The van der Waals surface area contributed by atoms with E-state index in [9.17, 15) is 4.79 Å². The van der Waals surface area contributed by atoms with Gasteiger partial charge in [-0.1, -0.05) is 101 Å². The first-order valence-corrected chi connectivity index (χ1v) is 15.1. The van der Waals surface area contributed by atoms with Crippen LogP contribution >= 0.6 is 15.9 Å². The number of piperidine rings is 1. The lowest BCUT2D eigenvalue weighted by atomic mass is 10.0. The number of nitrogens with one attached hydrogen (secondary N) is 1. The number of hydrogen-bond acceptors (Lipinski definition) is 4. The molecule has 42 heavy (non-hydrogen) atoms. The highest BCUT2D eigenvalue weighted by Crippen LogP contribution is 2.32. The smallest absolute Gasteiger partial charge is 0.306 e. The zero-order valence-electron chi connectivity index (χ0n) is 23.1. The average Bonchev–Trinajstić information content (AvgIpc) is 3.43. The summed E-state index contributed by atoms with van der Waals surface area (Å²) in [5, 5.41) is 0. The minimum Gasteiger partial charge on any atom is -0.306 e. The summed E-state index contributed by atoms with van der Waals surface area (Å²) in [5.41, 5.74) is 8.75. The second-order valence-electron chi connectivity index (χ2n) is 10.9. The zero-order chi connectivity index (χ0) is 28.5. The van der Waals surface area contributed by atoms with Gasteiger partial charge in [-0.2, -0.15) is 0 Å². The molecule has 7 heteroatoms. The molecule has 7 rings (SSSR count). The predicted molar refractivity (Wildman–Crippen MR) is 172 cm³/mol. The Kier molecular flexibility index (Phi) is 7.28. The number of aromatic nitrogens is 4. The third kappa shape index (κ3) is 5.45. The maximum absolute atomic E-state index is 12.7. The molecule has 2 aromatic heterocycles. The lowest BCUT2D eigenvalue weighted by molar-refractivity contribution is 0.178.